The predicted molar refractivity (Wildman–Crippen MR) is 96.3 cm³/mol. The minimum Gasteiger partial charge on any atom is -0.474 e. The van der Waals surface area contributed by atoms with Crippen molar-refractivity contribution in [3.63, 3.8) is 0 Å². The normalized spacial score (nSPS) is 21.8. The Kier molecular flexibility index (Phi) is 4.25. The Bertz CT molecular complexity index is 749. The first-order chi connectivity index (χ1) is 12.0. The average molecular weight is 358 g/mol. The van der Waals surface area contributed by atoms with E-state index in [-0.39, 0.29) is 17.6 Å². The van der Waals surface area contributed by atoms with Crippen molar-refractivity contribution >= 4 is 17.2 Å². The molecule has 4 heterocycles. The number of carbonyl (C=O) groups excluding carboxylic acids is 1. The van der Waals surface area contributed by atoms with Crippen LogP contribution in [0.25, 0.3) is 0 Å². The Labute approximate surface area is 151 Å². The monoisotopic (exact) mass is 358 g/mol. The van der Waals surface area contributed by atoms with Gasteiger partial charge in [0.15, 0.2) is 0 Å². The van der Waals surface area contributed by atoms with E-state index in [2.05, 4.69) is 11.9 Å². The Morgan fingerprint density at radius 2 is 2.24 bits per heavy atom. The first-order valence-corrected chi connectivity index (χ1v) is 9.44. The minimum absolute atomic E-state index is 0.0899. The van der Waals surface area contributed by atoms with E-state index in [9.17, 15) is 4.79 Å². The number of aromatic nitrogens is 1. The summed E-state index contributed by atoms with van der Waals surface area (Å²) in [5.41, 5.74) is 0.927. The molecule has 2 saturated heterocycles. The number of thiophene rings is 1. The van der Waals surface area contributed by atoms with Crippen molar-refractivity contribution in [2.45, 2.75) is 38.4 Å². The second-order valence-corrected chi connectivity index (χ2v) is 8.20. The second-order valence-electron chi connectivity index (χ2n) is 6.94. The average Bonchev–Trinajstić information content (AvgIpc) is 2.92. The molecule has 0 aliphatic carbocycles. The number of aryl methyl sites for hydroxylation is 2. The zero-order valence-corrected chi connectivity index (χ0v) is 15.3. The molecule has 1 atom stereocenters. The number of ether oxygens (including phenoxy) is 2. The van der Waals surface area contributed by atoms with Gasteiger partial charge in [-0.3, -0.25) is 4.79 Å². The molecule has 132 valence electrons. The molecular weight excluding hydrogens is 336 g/mol. The van der Waals surface area contributed by atoms with Crippen LogP contribution in [-0.2, 0) is 4.74 Å². The second kappa shape index (κ2) is 6.42. The lowest BCUT2D eigenvalue weighted by atomic mass is 9.84. The largest absolute Gasteiger partial charge is 0.474 e. The topological polar surface area (TPSA) is 51.7 Å². The zero-order chi connectivity index (χ0) is 17.4. The van der Waals surface area contributed by atoms with Crippen molar-refractivity contribution in [2.75, 3.05) is 19.7 Å². The molecule has 0 saturated carbocycles. The molecule has 2 aliphatic heterocycles. The quantitative estimate of drug-likeness (QED) is 0.845. The van der Waals surface area contributed by atoms with E-state index >= 15 is 0 Å². The summed E-state index contributed by atoms with van der Waals surface area (Å²) in [6.07, 6.45) is 3.48. The highest BCUT2D eigenvalue weighted by molar-refractivity contribution is 7.14. The van der Waals surface area contributed by atoms with E-state index < -0.39 is 0 Å². The van der Waals surface area contributed by atoms with Gasteiger partial charge in [-0.15, -0.1) is 11.3 Å². The van der Waals surface area contributed by atoms with Gasteiger partial charge in [0, 0.05) is 30.0 Å². The Balaban J connectivity index is 1.37. The molecule has 6 heteroatoms. The van der Waals surface area contributed by atoms with Gasteiger partial charge in [-0.05, 0) is 31.5 Å². The number of amides is 1. The van der Waals surface area contributed by atoms with Crippen LogP contribution in [0.15, 0.2) is 30.5 Å². The molecule has 0 unspecified atom stereocenters. The van der Waals surface area contributed by atoms with Gasteiger partial charge in [0.05, 0.1) is 24.6 Å². The molecule has 0 N–H and O–H groups in total. The van der Waals surface area contributed by atoms with Crippen LogP contribution in [0.3, 0.4) is 0 Å². The summed E-state index contributed by atoms with van der Waals surface area (Å²) in [5, 5.41) is 0. The molecule has 2 aromatic heterocycles. The fraction of sp³-hybridized carbons (Fsp3) is 0.474. The van der Waals surface area contributed by atoms with E-state index in [1.54, 1.807) is 17.5 Å². The van der Waals surface area contributed by atoms with Gasteiger partial charge < -0.3 is 14.4 Å². The van der Waals surface area contributed by atoms with Crippen molar-refractivity contribution in [1.82, 2.24) is 9.88 Å². The maximum Gasteiger partial charge on any atom is 0.264 e. The fourth-order valence-electron chi connectivity index (χ4n) is 3.52. The lowest BCUT2D eigenvalue weighted by Crippen LogP contribution is -2.67. The van der Waals surface area contributed by atoms with Crippen LogP contribution < -0.4 is 4.74 Å². The number of hydrogen-bond acceptors (Lipinski definition) is 5. The van der Waals surface area contributed by atoms with Crippen LogP contribution in [-0.4, -0.2) is 47.2 Å². The number of carbonyl (C=O) groups is 1. The molecule has 5 nitrogen and oxygen atoms in total. The third-order valence-electron chi connectivity index (χ3n) is 4.99. The molecule has 0 radical (unpaired) electrons. The minimum atomic E-state index is -0.255. The molecule has 25 heavy (non-hydrogen) atoms. The molecule has 2 aromatic rings. The fourth-order valence-corrected chi connectivity index (χ4v) is 4.52. The number of pyridine rings is 1. The van der Waals surface area contributed by atoms with Crippen molar-refractivity contribution in [3.05, 3.63) is 45.8 Å². The summed E-state index contributed by atoms with van der Waals surface area (Å²) >= 11 is 1.57. The lowest BCUT2D eigenvalue weighted by Gasteiger charge is -2.52. The summed E-state index contributed by atoms with van der Waals surface area (Å²) in [5.74, 6) is 0.768. The zero-order valence-electron chi connectivity index (χ0n) is 14.5. The molecular formula is C19H22N2O3S. The van der Waals surface area contributed by atoms with Crippen molar-refractivity contribution in [3.8, 4) is 5.88 Å². The van der Waals surface area contributed by atoms with Gasteiger partial charge in [-0.1, -0.05) is 6.07 Å². The first kappa shape index (κ1) is 16.5. The van der Waals surface area contributed by atoms with Gasteiger partial charge in [0.25, 0.3) is 5.91 Å². The van der Waals surface area contributed by atoms with Crippen molar-refractivity contribution in [2.24, 2.45) is 0 Å². The molecule has 0 bridgehead atoms. The number of likely N-dealkylation sites (tertiary alicyclic amines) is 1. The third-order valence-corrected chi connectivity index (χ3v) is 6.14. The molecule has 4 rings (SSSR count). The van der Waals surface area contributed by atoms with Gasteiger partial charge >= 0.3 is 0 Å². The number of nitrogens with zero attached hydrogens (tertiary/aromatic N) is 2. The van der Waals surface area contributed by atoms with Gasteiger partial charge in [0.2, 0.25) is 5.88 Å². The van der Waals surface area contributed by atoms with Gasteiger partial charge in [-0.2, -0.15) is 0 Å². The molecule has 1 spiro atoms. The van der Waals surface area contributed by atoms with Gasteiger partial charge in [-0.25, -0.2) is 4.98 Å². The van der Waals surface area contributed by atoms with Crippen LogP contribution in [0.4, 0.5) is 0 Å². The summed E-state index contributed by atoms with van der Waals surface area (Å²) in [4.78, 5) is 20.8. The van der Waals surface area contributed by atoms with Crippen LogP contribution in [0.5, 0.6) is 5.88 Å². The number of hydrogen-bond donors (Lipinski definition) is 0. The molecule has 1 amide bonds. The third kappa shape index (κ3) is 3.28. The molecule has 0 aromatic carbocycles. The van der Waals surface area contributed by atoms with Crippen molar-refractivity contribution in [1.29, 1.82) is 0 Å². The predicted octanol–water partition coefficient (Wildman–Crippen LogP) is 3.21. The van der Waals surface area contributed by atoms with Crippen LogP contribution in [0.2, 0.25) is 0 Å². The molecule has 2 fully saturated rings. The Morgan fingerprint density at radius 1 is 1.40 bits per heavy atom. The van der Waals surface area contributed by atoms with E-state index in [0.717, 1.165) is 17.7 Å². The summed E-state index contributed by atoms with van der Waals surface area (Å²) in [6, 6.07) is 7.66. The van der Waals surface area contributed by atoms with E-state index in [1.165, 1.54) is 10.4 Å². The highest BCUT2D eigenvalue weighted by Gasteiger charge is 2.50. The van der Waals surface area contributed by atoms with Crippen molar-refractivity contribution < 1.29 is 14.3 Å². The Hall–Kier alpha value is -1.92. The summed E-state index contributed by atoms with van der Waals surface area (Å²) in [6.45, 7) is 6.05. The summed E-state index contributed by atoms with van der Waals surface area (Å²) < 4.78 is 12.0. The summed E-state index contributed by atoms with van der Waals surface area (Å²) in [7, 11) is 0. The Morgan fingerprint density at radius 3 is 2.92 bits per heavy atom. The molecule has 2 aliphatic rings. The maximum absolute atomic E-state index is 12.6. The van der Waals surface area contributed by atoms with Gasteiger partial charge in [0.1, 0.15) is 11.7 Å². The van der Waals surface area contributed by atoms with E-state index in [4.69, 9.17) is 9.47 Å². The smallest absolute Gasteiger partial charge is 0.264 e. The highest BCUT2D eigenvalue weighted by atomic mass is 32.1. The maximum atomic E-state index is 12.6. The SMILES string of the molecule is Cc1cc(C(=O)N2CC3(C[C@@H](Oc4ccccn4)CCO3)C2)sc1C. The van der Waals surface area contributed by atoms with Crippen LogP contribution >= 0.6 is 11.3 Å². The number of rotatable bonds is 3. The van der Waals surface area contributed by atoms with E-state index in [0.29, 0.717) is 25.6 Å². The lowest BCUT2D eigenvalue weighted by molar-refractivity contribution is -0.174. The van der Waals surface area contributed by atoms with Crippen LogP contribution in [0, 0.1) is 13.8 Å². The standard InChI is InChI=1S/C19H22N2O3S/c1-13-9-16(25-14(13)2)18(22)21-11-19(12-21)10-15(6-8-23-19)24-17-5-3-4-7-20-17/h3-5,7,9,15H,6,8,10-12H2,1-2H3/t15-/m0/s1. The van der Waals surface area contributed by atoms with Crippen LogP contribution in [0.1, 0.15) is 33.0 Å². The van der Waals surface area contributed by atoms with E-state index in [1.807, 2.05) is 36.1 Å². The first-order valence-electron chi connectivity index (χ1n) is 8.63. The highest BCUT2D eigenvalue weighted by Crippen LogP contribution is 2.37.